The highest BCUT2D eigenvalue weighted by atomic mass is 16.1. The molecule has 0 aliphatic carbocycles. The van der Waals surface area contributed by atoms with Crippen molar-refractivity contribution < 1.29 is 4.79 Å². The van der Waals surface area contributed by atoms with Gasteiger partial charge in [0, 0.05) is 25.7 Å². The van der Waals surface area contributed by atoms with E-state index in [1.807, 2.05) is 13.0 Å². The standard InChI is InChI=1S/C15H25N5O/c1-4-16-15(21)13-5-6-14(19-18-13)17-9-12-7-8-20(10-12)11(2)3/h5-6,11-12H,4,7-10H2,1-3H3,(H,16,21)(H,17,19). The number of hydrogen-bond donors (Lipinski definition) is 2. The maximum Gasteiger partial charge on any atom is 0.271 e. The van der Waals surface area contributed by atoms with Gasteiger partial charge in [-0.1, -0.05) is 0 Å². The lowest BCUT2D eigenvalue weighted by Crippen LogP contribution is -2.29. The molecule has 1 atom stereocenters. The summed E-state index contributed by atoms with van der Waals surface area (Å²) in [6.07, 6.45) is 1.22. The van der Waals surface area contributed by atoms with Crippen LogP contribution in [0.1, 0.15) is 37.7 Å². The molecule has 2 rings (SSSR count). The van der Waals surface area contributed by atoms with Gasteiger partial charge < -0.3 is 15.5 Å². The molecule has 116 valence electrons. The molecule has 6 nitrogen and oxygen atoms in total. The molecule has 2 heterocycles. The van der Waals surface area contributed by atoms with Gasteiger partial charge in [-0.2, -0.15) is 0 Å². The Hall–Kier alpha value is -1.69. The number of likely N-dealkylation sites (tertiary alicyclic amines) is 1. The Morgan fingerprint density at radius 2 is 2.24 bits per heavy atom. The van der Waals surface area contributed by atoms with Crippen LogP contribution in [0.5, 0.6) is 0 Å². The van der Waals surface area contributed by atoms with Gasteiger partial charge in [-0.15, -0.1) is 10.2 Å². The van der Waals surface area contributed by atoms with Gasteiger partial charge in [0.05, 0.1) is 0 Å². The minimum Gasteiger partial charge on any atom is -0.368 e. The Balaban J connectivity index is 1.80. The second-order valence-electron chi connectivity index (χ2n) is 5.79. The Labute approximate surface area is 126 Å². The molecule has 1 unspecified atom stereocenters. The van der Waals surface area contributed by atoms with Crippen molar-refractivity contribution in [2.24, 2.45) is 5.92 Å². The summed E-state index contributed by atoms with van der Waals surface area (Å²) in [5, 5.41) is 14.0. The van der Waals surface area contributed by atoms with Crippen LogP contribution >= 0.6 is 0 Å². The first kappa shape index (κ1) is 15.7. The Kier molecular flexibility index (Phi) is 5.50. The van der Waals surface area contributed by atoms with Gasteiger partial charge in [0.25, 0.3) is 5.91 Å². The highest BCUT2D eigenvalue weighted by Crippen LogP contribution is 2.18. The number of nitrogens with one attached hydrogen (secondary N) is 2. The number of amides is 1. The lowest BCUT2D eigenvalue weighted by atomic mass is 10.1. The predicted molar refractivity (Wildman–Crippen MR) is 83.3 cm³/mol. The quantitative estimate of drug-likeness (QED) is 0.828. The molecule has 1 aromatic heterocycles. The number of nitrogens with zero attached hydrogens (tertiary/aromatic N) is 3. The summed E-state index contributed by atoms with van der Waals surface area (Å²) in [6, 6.07) is 4.13. The summed E-state index contributed by atoms with van der Waals surface area (Å²) >= 11 is 0. The van der Waals surface area contributed by atoms with E-state index in [4.69, 9.17) is 0 Å². The van der Waals surface area contributed by atoms with E-state index in [-0.39, 0.29) is 5.91 Å². The number of aromatic nitrogens is 2. The molecular formula is C15H25N5O. The average Bonchev–Trinajstić information content (AvgIpc) is 2.95. The van der Waals surface area contributed by atoms with Crippen LogP contribution in [0.2, 0.25) is 0 Å². The Morgan fingerprint density at radius 1 is 1.43 bits per heavy atom. The number of hydrogen-bond acceptors (Lipinski definition) is 5. The van der Waals surface area contributed by atoms with Crippen molar-refractivity contribution in [2.75, 3.05) is 31.5 Å². The highest BCUT2D eigenvalue weighted by molar-refractivity contribution is 5.92. The van der Waals surface area contributed by atoms with E-state index < -0.39 is 0 Å². The van der Waals surface area contributed by atoms with Gasteiger partial charge >= 0.3 is 0 Å². The predicted octanol–water partition coefficient (Wildman–Crippen LogP) is 1.37. The summed E-state index contributed by atoms with van der Waals surface area (Å²) < 4.78 is 0. The summed E-state index contributed by atoms with van der Waals surface area (Å²) in [4.78, 5) is 14.1. The van der Waals surface area contributed by atoms with Crippen LogP contribution in [0, 0.1) is 5.92 Å². The van der Waals surface area contributed by atoms with Crippen molar-refractivity contribution in [3.63, 3.8) is 0 Å². The maximum absolute atomic E-state index is 11.6. The lowest BCUT2D eigenvalue weighted by molar-refractivity contribution is 0.0950. The van der Waals surface area contributed by atoms with E-state index in [1.165, 1.54) is 13.0 Å². The molecular weight excluding hydrogens is 266 g/mol. The first-order valence-corrected chi connectivity index (χ1v) is 7.70. The van der Waals surface area contributed by atoms with E-state index in [0.29, 0.717) is 24.2 Å². The van der Waals surface area contributed by atoms with Crippen LogP contribution in [0.3, 0.4) is 0 Å². The van der Waals surface area contributed by atoms with Crippen molar-refractivity contribution in [1.29, 1.82) is 0 Å². The Morgan fingerprint density at radius 3 is 2.81 bits per heavy atom. The number of carbonyl (C=O) groups is 1. The zero-order valence-corrected chi connectivity index (χ0v) is 13.1. The molecule has 0 radical (unpaired) electrons. The number of carbonyl (C=O) groups excluding carboxylic acids is 1. The van der Waals surface area contributed by atoms with Gasteiger partial charge in [-0.3, -0.25) is 4.79 Å². The van der Waals surface area contributed by atoms with E-state index in [9.17, 15) is 4.79 Å². The van der Waals surface area contributed by atoms with Crippen molar-refractivity contribution in [2.45, 2.75) is 33.2 Å². The van der Waals surface area contributed by atoms with Crippen LogP contribution in [0.25, 0.3) is 0 Å². The third-order valence-electron chi connectivity index (χ3n) is 3.85. The smallest absolute Gasteiger partial charge is 0.271 e. The summed E-state index contributed by atoms with van der Waals surface area (Å²) in [7, 11) is 0. The fourth-order valence-corrected chi connectivity index (χ4v) is 2.55. The summed E-state index contributed by atoms with van der Waals surface area (Å²) in [5.74, 6) is 1.20. The molecule has 0 saturated carbocycles. The number of rotatable bonds is 6. The van der Waals surface area contributed by atoms with E-state index >= 15 is 0 Å². The van der Waals surface area contributed by atoms with E-state index in [2.05, 4.69) is 39.6 Å². The molecule has 6 heteroatoms. The molecule has 21 heavy (non-hydrogen) atoms. The number of anilines is 1. The fraction of sp³-hybridized carbons (Fsp3) is 0.667. The van der Waals surface area contributed by atoms with Crippen molar-refractivity contribution in [1.82, 2.24) is 20.4 Å². The van der Waals surface area contributed by atoms with E-state index in [1.54, 1.807) is 6.07 Å². The molecule has 1 aromatic rings. The van der Waals surface area contributed by atoms with Crippen molar-refractivity contribution in [3.8, 4) is 0 Å². The molecule has 0 bridgehead atoms. The zero-order valence-electron chi connectivity index (χ0n) is 13.1. The fourth-order valence-electron chi connectivity index (χ4n) is 2.55. The monoisotopic (exact) mass is 291 g/mol. The summed E-state index contributed by atoms with van der Waals surface area (Å²) in [6.45, 7) is 10.2. The topological polar surface area (TPSA) is 70.2 Å². The lowest BCUT2D eigenvalue weighted by Gasteiger charge is -2.20. The largest absolute Gasteiger partial charge is 0.368 e. The Bertz CT molecular complexity index is 460. The molecule has 1 fully saturated rings. The average molecular weight is 291 g/mol. The molecule has 1 amide bonds. The second kappa shape index (κ2) is 7.36. The van der Waals surface area contributed by atoms with Crippen molar-refractivity contribution in [3.05, 3.63) is 17.8 Å². The second-order valence-corrected chi connectivity index (χ2v) is 5.79. The normalized spacial score (nSPS) is 19.0. The molecule has 0 spiro atoms. The first-order valence-electron chi connectivity index (χ1n) is 7.70. The minimum atomic E-state index is -0.181. The van der Waals surface area contributed by atoms with E-state index in [0.717, 1.165) is 18.9 Å². The minimum absolute atomic E-state index is 0.181. The molecule has 1 aliphatic rings. The first-order chi connectivity index (χ1) is 10.1. The highest BCUT2D eigenvalue weighted by Gasteiger charge is 2.23. The van der Waals surface area contributed by atoms with Crippen LogP contribution in [0.4, 0.5) is 5.82 Å². The molecule has 1 saturated heterocycles. The van der Waals surface area contributed by atoms with Gasteiger partial charge in [0.2, 0.25) is 0 Å². The maximum atomic E-state index is 11.6. The molecule has 0 aromatic carbocycles. The molecule has 2 N–H and O–H groups in total. The van der Waals surface area contributed by atoms with Crippen molar-refractivity contribution >= 4 is 11.7 Å². The summed E-state index contributed by atoms with van der Waals surface area (Å²) in [5.41, 5.74) is 0.356. The van der Waals surface area contributed by atoms with Gasteiger partial charge in [0.1, 0.15) is 5.82 Å². The van der Waals surface area contributed by atoms with Crippen LogP contribution in [-0.4, -0.2) is 53.2 Å². The third kappa shape index (κ3) is 4.39. The van der Waals surface area contributed by atoms with Crippen LogP contribution in [0.15, 0.2) is 12.1 Å². The van der Waals surface area contributed by atoms with Gasteiger partial charge in [-0.05, 0) is 51.8 Å². The van der Waals surface area contributed by atoms with Gasteiger partial charge in [0.15, 0.2) is 5.69 Å². The zero-order chi connectivity index (χ0) is 15.2. The molecule has 1 aliphatic heterocycles. The van der Waals surface area contributed by atoms with Crippen LogP contribution in [-0.2, 0) is 0 Å². The van der Waals surface area contributed by atoms with Crippen LogP contribution < -0.4 is 10.6 Å². The van der Waals surface area contributed by atoms with Gasteiger partial charge in [-0.25, -0.2) is 0 Å². The third-order valence-corrected chi connectivity index (χ3v) is 3.85. The SMILES string of the molecule is CCNC(=O)c1ccc(NCC2CCN(C(C)C)C2)nn1.